The molecule has 0 unspecified atom stereocenters. The molecule has 0 N–H and O–H groups in total. The van der Waals surface area contributed by atoms with Gasteiger partial charge in [-0.1, -0.05) is 6.04 Å². The Labute approximate surface area is 136 Å². The summed E-state index contributed by atoms with van der Waals surface area (Å²) in [5, 5.41) is 0. The maximum absolute atomic E-state index is 8.41. The van der Waals surface area contributed by atoms with Gasteiger partial charge in [-0.15, -0.1) is 0 Å². The average molecular weight is 293 g/mol. The van der Waals surface area contributed by atoms with Crippen LogP contribution in [0.5, 0.6) is 0 Å². The van der Waals surface area contributed by atoms with E-state index in [0.717, 1.165) is 4.57 Å². The van der Waals surface area contributed by atoms with Gasteiger partial charge >= 0.3 is 7.12 Å². The van der Waals surface area contributed by atoms with Gasteiger partial charge in [0.25, 0.3) is 0 Å². The zero-order valence-corrected chi connectivity index (χ0v) is 12.2. The molecule has 2 aromatic heterocycles. The minimum Gasteiger partial charge on any atom is -0.398 e. The van der Waals surface area contributed by atoms with Crippen LogP contribution in [-0.4, -0.2) is 32.9 Å². The van der Waals surface area contributed by atoms with E-state index in [1.165, 1.54) is 0 Å². The zero-order chi connectivity index (χ0) is 22.1. The summed E-state index contributed by atoms with van der Waals surface area (Å²) >= 11 is 0. The average Bonchev–Trinajstić information content (AvgIpc) is 2.94. The van der Waals surface area contributed by atoms with Crippen molar-refractivity contribution in [2.75, 3.05) is 0 Å². The van der Waals surface area contributed by atoms with Crippen LogP contribution in [0.25, 0.3) is 5.82 Å². The van der Waals surface area contributed by atoms with Crippen molar-refractivity contribution in [1.82, 2.24) is 14.5 Å². The summed E-state index contributed by atoms with van der Waals surface area (Å²) < 4.78 is 75.4. The summed E-state index contributed by atoms with van der Waals surface area (Å²) in [7, 11) is -1.03. The number of imidazole rings is 1. The Morgan fingerprint density at radius 3 is 2.57 bits per heavy atom. The Balaban J connectivity index is 2.14. The van der Waals surface area contributed by atoms with Gasteiger partial charge < -0.3 is 9.31 Å². The van der Waals surface area contributed by atoms with E-state index in [-0.39, 0.29) is 11.8 Å². The van der Waals surface area contributed by atoms with Gasteiger partial charge in [0.1, 0.15) is 7.19 Å². The molecule has 1 aliphatic heterocycles. The summed E-state index contributed by atoms with van der Waals surface area (Å²) in [5.74, 6) is -0.390. The van der Waals surface area contributed by atoms with Crippen LogP contribution in [0, 0.1) is 6.85 Å². The molecule has 1 aliphatic rings. The first-order valence-corrected chi connectivity index (χ1v) is 6.48. The SMILES string of the molecule is [2H]c1nc(-n2c([2H])nc(B3OC(C)(C)C(C)(C)O3)c2[2H])c([2H])c([2H])c1C([2H])([2H])[2H]. The van der Waals surface area contributed by atoms with Crippen molar-refractivity contribution in [3.8, 4) is 5.82 Å². The second-order valence-corrected chi connectivity index (χ2v) is 5.80. The van der Waals surface area contributed by atoms with Gasteiger partial charge in [-0.2, -0.15) is 0 Å². The molecule has 21 heavy (non-hydrogen) atoms. The molecule has 0 spiro atoms. The van der Waals surface area contributed by atoms with Crippen molar-refractivity contribution in [1.29, 1.82) is 0 Å². The van der Waals surface area contributed by atoms with Crippen LogP contribution >= 0.6 is 0 Å². The van der Waals surface area contributed by atoms with Gasteiger partial charge in [-0.25, -0.2) is 9.97 Å². The molecule has 0 aliphatic carbocycles. The Bertz CT molecular complexity index is 973. The zero-order valence-electron chi connectivity index (χ0n) is 20.2. The lowest BCUT2D eigenvalue weighted by molar-refractivity contribution is 0.00578. The number of aromatic nitrogens is 3. The number of hydrogen-bond donors (Lipinski definition) is 0. The highest BCUT2D eigenvalue weighted by Crippen LogP contribution is 2.36. The lowest BCUT2D eigenvalue weighted by Gasteiger charge is -2.32. The summed E-state index contributed by atoms with van der Waals surface area (Å²) in [6, 6.07) is -1.32. The van der Waals surface area contributed by atoms with Crippen LogP contribution in [0.15, 0.2) is 30.7 Å². The third kappa shape index (κ3) is 2.49. The molecule has 3 rings (SSSR count). The fourth-order valence-corrected chi connectivity index (χ4v) is 1.82. The fraction of sp³-hybridized carbons (Fsp3) is 0.467. The predicted molar refractivity (Wildman–Crippen MR) is 81.8 cm³/mol. The van der Waals surface area contributed by atoms with Crippen LogP contribution in [0.4, 0.5) is 0 Å². The molecule has 0 aromatic carbocycles. The van der Waals surface area contributed by atoms with E-state index in [9.17, 15) is 0 Å². The second kappa shape index (κ2) is 4.68. The Kier molecular flexibility index (Phi) is 1.68. The van der Waals surface area contributed by atoms with Crippen molar-refractivity contribution in [2.45, 2.75) is 45.7 Å². The van der Waals surface area contributed by atoms with E-state index in [0.29, 0.717) is 0 Å². The standard InChI is InChI=1S/C15H20BN3O2/c1-11-6-7-13(17-8-11)19-9-12(18-10-19)16-20-14(2,3)15(4,5)21-16/h6-10H,1-5H3/i1D3,6D,7D,8D,9D,10D. The molecule has 110 valence electrons. The van der Waals surface area contributed by atoms with Crippen molar-refractivity contribution in [2.24, 2.45) is 0 Å². The highest BCUT2D eigenvalue weighted by atomic mass is 16.7. The topological polar surface area (TPSA) is 49.2 Å². The molecule has 0 atom stereocenters. The minimum absolute atomic E-state index is 0.00666. The lowest BCUT2D eigenvalue weighted by Crippen LogP contribution is -2.41. The third-order valence-corrected chi connectivity index (χ3v) is 3.76. The number of hydrogen-bond acceptors (Lipinski definition) is 4. The number of pyridine rings is 1. The van der Waals surface area contributed by atoms with Crippen molar-refractivity contribution >= 4 is 12.7 Å². The second-order valence-electron chi connectivity index (χ2n) is 5.80. The highest BCUT2D eigenvalue weighted by molar-refractivity contribution is 6.61. The highest BCUT2D eigenvalue weighted by Gasteiger charge is 2.52. The molecule has 5 nitrogen and oxygen atoms in total. The molecule has 6 heteroatoms. The van der Waals surface area contributed by atoms with E-state index in [4.69, 9.17) is 20.3 Å². The number of nitrogens with zero attached hydrogens (tertiary/aromatic N) is 3. The van der Waals surface area contributed by atoms with Crippen molar-refractivity contribution in [3.05, 3.63) is 36.3 Å². The van der Waals surface area contributed by atoms with Gasteiger partial charge in [-0.3, -0.25) is 4.57 Å². The first-order valence-electron chi connectivity index (χ1n) is 10.5. The molecule has 1 saturated heterocycles. The first-order chi connectivity index (χ1) is 13.1. The molecule has 0 radical (unpaired) electrons. The van der Waals surface area contributed by atoms with Crippen LogP contribution in [-0.2, 0) is 9.31 Å². The third-order valence-electron chi connectivity index (χ3n) is 3.76. The van der Waals surface area contributed by atoms with E-state index in [2.05, 4.69) is 9.97 Å². The van der Waals surface area contributed by atoms with Crippen LogP contribution in [0.2, 0.25) is 0 Å². The predicted octanol–water partition coefficient (Wildman–Crippen LogP) is 1.87. The van der Waals surface area contributed by atoms with Gasteiger partial charge in [0.2, 0.25) is 0 Å². The molecule has 3 heterocycles. The van der Waals surface area contributed by atoms with E-state index < -0.39 is 61.1 Å². The van der Waals surface area contributed by atoms with Crippen LogP contribution in [0.1, 0.15) is 44.2 Å². The summed E-state index contributed by atoms with van der Waals surface area (Å²) in [5.41, 5.74) is -2.05. The lowest BCUT2D eigenvalue weighted by atomic mass is 9.86. The van der Waals surface area contributed by atoms with E-state index in [1.54, 1.807) is 0 Å². The normalized spacial score (nSPS) is 26.0. The molecular weight excluding hydrogens is 265 g/mol. The maximum atomic E-state index is 8.41. The van der Waals surface area contributed by atoms with Gasteiger partial charge in [-0.05, 0) is 46.2 Å². The van der Waals surface area contributed by atoms with E-state index >= 15 is 0 Å². The van der Waals surface area contributed by atoms with Gasteiger partial charge in [0.05, 0.1) is 28.6 Å². The smallest absolute Gasteiger partial charge is 0.398 e. The van der Waals surface area contributed by atoms with Gasteiger partial charge in [0.15, 0.2) is 0 Å². The van der Waals surface area contributed by atoms with E-state index in [1.807, 2.05) is 27.7 Å². The first kappa shape index (κ1) is 7.56. The monoisotopic (exact) mass is 293 g/mol. The van der Waals surface area contributed by atoms with Crippen molar-refractivity contribution in [3.63, 3.8) is 0 Å². The van der Waals surface area contributed by atoms with Gasteiger partial charge in [0, 0.05) is 16.5 Å². The summed E-state index contributed by atoms with van der Waals surface area (Å²) in [6.07, 6.45) is -1.54. The molecule has 0 saturated carbocycles. The van der Waals surface area contributed by atoms with Crippen LogP contribution in [0.3, 0.4) is 0 Å². The molecule has 2 aromatic rings. The fourth-order valence-electron chi connectivity index (χ4n) is 1.82. The summed E-state index contributed by atoms with van der Waals surface area (Å²) in [4.78, 5) is 7.80. The summed E-state index contributed by atoms with van der Waals surface area (Å²) in [6.45, 7) is 4.51. The quantitative estimate of drug-likeness (QED) is 0.793. The Hall–Kier alpha value is -1.66. The molecular formula is C15H20BN3O2. The molecule has 1 fully saturated rings. The largest absolute Gasteiger partial charge is 0.516 e. The maximum Gasteiger partial charge on any atom is 0.516 e. The minimum atomic E-state index is -2.79. The van der Waals surface area contributed by atoms with Crippen LogP contribution < -0.4 is 5.59 Å². The van der Waals surface area contributed by atoms with Crippen molar-refractivity contribution < 1.29 is 20.3 Å². The Morgan fingerprint density at radius 2 is 1.90 bits per heavy atom. The Morgan fingerprint density at radius 1 is 1.19 bits per heavy atom. The molecule has 0 amide bonds. The number of rotatable bonds is 2. The molecule has 0 bridgehead atoms.